The van der Waals surface area contributed by atoms with E-state index in [1.165, 1.54) is 29.2 Å². The second-order valence-electron chi connectivity index (χ2n) is 10.5. The number of carbonyl (C=O) groups is 3. The topological polar surface area (TPSA) is 91.4 Å². The van der Waals surface area contributed by atoms with Crippen molar-refractivity contribution in [1.82, 2.24) is 0 Å². The molecule has 8 nitrogen and oxygen atoms in total. The SMILES string of the molecule is CCOC(=O)CCCCCCOc1ccc(-c2ccc(OC(F)(F)F)cc2)cc1N(CCCCc1ccccc1)C(=O)C(=O)OC. The van der Waals surface area contributed by atoms with Crippen molar-refractivity contribution >= 4 is 23.5 Å². The Bertz CT molecular complexity index is 1400. The van der Waals surface area contributed by atoms with Crippen LogP contribution in [0.4, 0.5) is 18.9 Å². The molecule has 0 spiro atoms. The minimum atomic E-state index is -4.82. The van der Waals surface area contributed by atoms with Gasteiger partial charge in [-0.2, -0.15) is 0 Å². The second kappa shape index (κ2) is 18.4. The van der Waals surface area contributed by atoms with E-state index in [4.69, 9.17) is 14.2 Å². The van der Waals surface area contributed by atoms with Gasteiger partial charge >= 0.3 is 24.2 Å². The molecule has 3 aromatic rings. The number of rotatable bonds is 17. The van der Waals surface area contributed by atoms with E-state index in [0.717, 1.165) is 38.4 Å². The van der Waals surface area contributed by atoms with Crippen LogP contribution >= 0.6 is 0 Å². The molecule has 0 atom stereocenters. The number of hydrogen-bond donors (Lipinski definition) is 0. The Morgan fingerprint density at radius 2 is 1.50 bits per heavy atom. The zero-order chi connectivity index (χ0) is 33.4. The van der Waals surface area contributed by atoms with Crippen LogP contribution in [0.5, 0.6) is 11.5 Å². The highest BCUT2D eigenvalue weighted by Crippen LogP contribution is 2.35. The molecule has 0 saturated heterocycles. The van der Waals surface area contributed by atoms with Crippen molar-refractivity contribution in [2.75, 3.05) is 31.8 Å². The van der Waals surface area contributed by atoms with E-state index in [9.17, 15) is 27.6 Å². The van der Waals surface area contributed by atoms with E-state index in [2.05, 4.69) is 4.74 Å². The highest BCUT2D eigenvalue weighted by atomic mass is 19.4. The highest BCUT2D eigenvalue weighted by molar-refractivity contribution is 6.38. The number of amides is 1. The maximum Gasteiger partial charge on any atom is 0.573 e. The van der Waals surface area contributed by atoms with Crippen molar-refractivity contribution in [3.8, 4) is 22.6 Å². The molecule has 0 saturated carbocycles. The number of aryl methyl sites for hydroxylation is 1. The number of hydrogen-bond acceptors (Lipinski definition) is 7. The van der Waals surface area contributed by atoms with Gasteiger partial charge in [-0.1, -0.05) is 61.4 Å². The second-order valence-corrected chi connectivity index (χ2v) is 10.5. The van der Waals surface area contributed by atoms with Gasteiger partial charge in [0.05, 0.1) is 26.0 Å². The van der Waals surface area contributed by atoms with E-state index in [1.54, 1.807) is 25.1 Å². The molecule has 0 radical (unpaired) electrons. The van der Waals surface area contributed by atoms with Gasteiger partial charge in [0.25, 0.3) is 0 Å². The van der Waals surface area contributed by atoms with Crippen LogP contribution in [-0.2, 0) is 30.3 Å². The van der Waals surface area contributed by atoms with Crippen molar-refractivity contribution < 1.29 is 46.5 Å². The molecular weight excluding hydrogens is 603 g/mol. The maximum atomic E-state index is 13.3. The summed E-state index contributed by atoms with van der Waals surface area (Å²) in [5, 5.41) is 0. The predicted octanol–water partition coefficient (Wildman–Crippen LogP) is 7.67. The first-order chi connectivity index (χ1) is 22.1. The molecule has 0 bridgehead atoms. The Morgan fingerprint density at radius 1 is 0.804 bits per heavy atom. The molecule has 46 heavy (non-hydrogen) atoms. The van der Waals surface area contributed by atoms with Gasteiger partial charge < -0.3 is 18.9 Å². The van der Waals surface area contributed by atoms with Crippen molar-refractivity contribution in [2.24, 2.45) is 0 Å². The molecule has 0 aliphatic heterocycles. The number of halogens is 3. The zero-order valence-electron chi connectivity index (χ0n) is 26.1. The van der Waals surface area contributed by atoms with Gasteiger partial charge in [-0.3, -0.25) is 14.5 Å². The lowest BCUT2D eigenvalue weighted by Gasteiger charge is -2.25. The average molecular weight is 644 g/mol. The number of nitrogens with zero attached hydrogens (tertiary/aromatic N) is 1. The largest absolute Gasteiger partial charge is 0.573 e. The molecule has 0 aromatic heterocycles. The number of methoxy groups -OCH3 is 1. The molecule has 3 rings (SSSR count). The van der Waals surface area contributed by atoms with Crippen LogP contribution in [0.25, 0.3) is 11.1 Å². The number of anilines is 1. The minimum Gasteiger partial charge on any atom is -0.491 e. The van der Waals surface area contributed by atoms with Crippen LogP contribution < -0.4 is 14.4 Å². The van der Waals surface area contributed by atoms with E-state index in [1.807, 2.05) is 30.3 Å². The van der Waals surface area contributed by atoms with E-state index in [0.29, 0.717) is 61.5 Å². The summed E-state index contributed by atoms with van der Waals surface area (Å²) in [5.74, 6) is -2.11. The summed E-state index contributed by atoms with van der Waals surface area (Å²) in [6.45, 7) is 2.65. The van der Waals surface area contributed by atoms with Crippen LogP contribution in [0, 0.1) is 0 Å². The third-order valence-electron chi connectivity index (χ3n) is 7.05. The number of unbranched alkanes of at least 4 members (excludes halogenated alkanes) is 4. The van der Waals surface area contributed by atoms with Gasteiger partial charge in [0.1, 0.15) is 11.5 Å². The molecular formula is C35H40F3NO7. The summed E-state index contributed by atoms with van der Waals surface area (Å²) in [5.41, 5.74) is 2.65. The summed E-state index contributed by atoms with van der Waals surface area (Å²) in [4.78, 5) is 38.6. The van der Waals surface area contributed by atoms with Crippen LogP contribution in [0.3, 0.4) is 0 Å². The number of carbonyl (C=O) groups excluding carboxylic acids is 3. The summed E-state index contributed by atoms with van der Waals surface area (Å²) >= 11 is 0. The van der Waals surface area contributed by atoms with Gasteiger partial charge in [0.15, 0.2) is 0 Å². The first-order valence-electron chi connectivity index (χ1n) is 15.3. The Hall–Kier alpha value is -4.54. The molecule has 0 aliphatic carbocycles. The average Bonchev–Trinajstić information content (AvgIpc) is 3.04. The van der Waals surface area contributed by atoms with Gasteiger partial charge in [-0.15, -0.1) is 13.2 Å². The van der Waals surface area contributed by atoms with Gasteiger partial charge in [-0.05, 0) is 80.0 Å². The molecule has 1 amide bonds. The fourth-order valence-electron chi connectivity index (χ4n) is 4.79. The van der Waals surface area contributed by atoms with Crippen molar-refractivity contribution in [3.05, 3.63) is 78.4 Å². The predicted molar refractivity (Wildman–Crippen MR) is 168 cm³/mol. The fraction of sp³-hybridized carbons (Fsp3) is 0.400. The molecule has 3 aromatic carbocycles. The van der Waals surface area contributed by atoms with Crippen LogP contribution in [0.15, 0.2) is 72.8 Å². The molecule has 0 fully saturated rings. The quantitative estimate of drug-likeness (QED) is 0.0847. The van der Waals surface area contributed by atoms with Gasteiger partial charge in [0.2, 0.25) is 0 Å². The molecule has 0 unspecified atom stereocenters. The molecule has 248 valence electrons. The molecule has 0 N–H and O–H groups in total. The van der Waals surface area contributed by atoms with E-state index >= 15 is 0 Å². The number of esters is 2. The van der Waals surface area contributed by atoms with E-state index < -0.39 is 18.2 Å². The number of benzene rings is 3. The highest BCUT2D eigenvalue weighted by Gasteiger charge is 2.31. The van der Waals surface area contributed by atoms with Crippen LogP contribution in [0.2, 0.25) is 0 Å². The Balaban J connectivity index is 1.81. The van der Waals surface area contributed by atoms with Crippen LogP contribution in [-0.4, -0.2) is 51.1 Å². The van der Waals surface area contributed by atoms with Crippen molar-refractivity contribution in [2.45, 2.75) is 64.7 Å². The lowest BCUT2D eigenvalue weighted by atomic mass is 10.0. The minimum absolute atomic E-state index is 0.201. The molecule has 0 heterocycles. The zero-order valence-corrected chi connectivity index (χ0v) is 26.1. The number of ether oxygens (including phenoxy) is 4. The Morgan fingerprint density at radius 3 is 2.17 bits per heavy atom. The third-order valence-corrected chi connectivity index (χ3v) is 7.05. The Kier molecular flexibility index (Phi) is 14.4. The van der Waals surface area contributed by atoms with E-state index in [-0.39, 0.29) is 18.3 Å². The molecule has 0 aliphatic rings. The van der Waals surface area contributed by atoms with Crippen molar-refractivity contribution in [3.63, 3.8) is 0 Å². The summed E-state index contributed by atoms with van der Waals surface area (Å²) in [6.07, 6.45) is 0.667. The smallest absolute Gasteiger partial charge is 0.491 e. The van der Waals surface area contributed by atoms with Crippen LogP contribution in [0.1, 0.15) is 57.4 Å². The maximum absolute atomic E-state index is 13.3. The fourth-order valence-corrected chi connectivity index (χ4v) is 4.79. The van der Waals surface area contributed by atoms with Gasteiger partial charge in [-0.25, -0.2) is 4.79 Å². The first-order valence-corrected chi connectivity index (χ1v) is 15.3. The third kappa shape index (κ3) is 12.1. The first kappa shape index (κ1) is 35.9. The summed E-state index contributed by atoms with van der Waals surface area (Å²) < 4.78 is 57.8. The van der Waals surface area contributed by atoms with Gasteiger partial charge in [0, 0.05) is 13.0 Å². The monoisotopic (exact) mass is 643 g/mol. The summed E-state index contributed by atoms with van der Waals surface area (Å²) in [7, 11) is 1.13. The lowest BCUT2D eigenvalue weighted by molar-refractivity contribution is -0.274. The lowest BCUT2D eigenvalue weighted by Crippen LogP contribution is -2.38. The Labute approximate surface area is 267 Å². The summed E-state index contributed by atoms with van der Waals surface area (Å²) in [6, 6.07) is 20.3. The number of alkyl halides is 3. The standard InChI is InChI=1S/C35H40F3NO7/c1-3-44-32(40)16-9-4-5-12-24-45-31-22-19-28(27-17-20-29(21-18-27)46-35(36,37)38)25-30(31)39(33(41)34(42)43-2)23-11-10-15-26-13-7-6-8-14-26/h6-8,13-14,17-22,25H,3-5,9-12,15-16,23-24H2,1-2H3. The normalized spacial score (nSPS) is 11.1. The van der Waals surface area contributed by atoms with Crippen molar-refractivity contribution in [1.29, 1.82) is 0 Å². The molecule has 11 heteroatoms.